The molecule has 1 heterocycles. The fraction of sp³-hybridized carbons (Fsp3) is 0.150. The van der Waals surface area contributed by atoms with Crippen molar-refractivity contribution >= 4 is 23.2 Å². The standard InChI is InChI=1S/C20H17F3N4O/c1-2-27(17-9-4-3-5-10-17)18(28)14-12-24-19(25-13-14)26-16-8-6-7-15(11-16)20(21,22)23/h3-13H,2H2,1H3,(H,24,25,26). The molecule has 1 N–H and O–H groups in total. The highest BCUT2D eigenvalue weighted by atomic mass is 19.4. The van der Waals surface area contributed by atoms with Gasteiger partial charge in [-0.15, -0.1) is 0 Å². The van der Waals surface area contributed by atoms with E-state index in [0.717, 1.165) is 17.8 Å². The molecule has 0 aliphatic heterocycles. The molecule has 0 saturated heterocycles. The van der Waals surface area contributed by atoms with Crippen LogP contribution in [0.4, 0.5) is 30.5 Å². The summed E-state index contributed by atoms with van der Waals surface area (Å²) < 4.78 is 38.4. The quantitative estimate of drug-likeness (QED) is 0.677. The third-order valence-electron chi connectivity index (χ3n) is 3.97. The van der Waals surface area contributed by atoms with Gasteiger partial charge in [-0.1, -0.05) is 24.3 Å². The molecule has 3 rings (SSSR count). The third kappa shape index (κ3) is 4.46. The highest BCUT2D eigenvalue weighted by molar-refractivity contribution is 6.05. The Hall–Kier alpha value is -3.42. The molecule has 144 valence electrons. The SMILES string of the molecule is CCN(C(=O)c1cnc(Nc2cccc(C(F)(F)F)c2)nc1)c1ccccc1. The van der Waals surface area contributed by atoms with Crippen LogP contribution in [0.5, 0.6) is 0 Å². The first-order chi connectivity index (χ1) is 13.4. The lowest BCUT2D eigenvalue weighted by atomic mass is 10.2. The van der Waals surface area contributed by atoms with Crippen molar-refractivity contribution in [2.45, 2.75) is 13.1 Å². The molecule has 0 aliphatic rings. The maximum absolute atomic E-state index is 12.8. The van der Waals surface area contributed by atoms with Crippen LogP contribution in [-0.2, 0) is 6.18 Å². The number of hydrogen-bond donors (Lipinski definition) is 1. The minimum atomic E-state index is -4.43. The second-order valence-electron chi connectivity index (χ2n) is 5.88. The molecule has 2 aromatic carbocycles. The Morgan fingerprint density at radius 1 is 1.04 bits per heavy atom. The largest absolute Gasteiger partial charge is 0.416 e. The van der Waals surface area contributed by atoms with Crippen LogP contribution in [0.1, 0.15) is 22.8 Å². The second-order valence-corrected chi connectivity index (χ2v) is 5.88. The van der Waals surface area contributed by atoms with Gasteiger partial charge in [-0.05, 0) is 37.3 Å². The Balaban J connectivity index is 1.76. The van der Waals surface area contributed by atoms with E-state index in [1.807, 2.05) is 37.3 Å². The Labute approximate surface area is 159 Å². The number of amides is 1. The van der Waals surface area contributed by atoms with Gasteiger partial charge in [-0.2, -0.15) is 13.2 Å². The van der Waals surface area contributed by atoms with E-state index in [1.54, 1.807) is 4.90 Å². The number of alkyl halides is 3. The summed E-state index contributed by atoms with van der Waals surface area (Å²) >= 11 is 0. The Morgan fingerprint density at radius 2 is 1.71 bits per heavy atom. The number of aromatic nitrogens is 2. The van der Waals surface area contributed by atoms with Crippen molar-refractivity contribution in [3.8, 4) is 0 Å². The zero-order valence-electron chi connectivity index (χ0n) is 14.9. The molecule has 0 spiro atoms. The smallest absolute Gasteiger partial charge is 0.324 e. The van der Waals surface area contributed by atoms with Crippen molar-refractivity contribution in [2.75, 3.05) is 16.8 Å². The summed E-state index contributed by atoms with van der Waals surface area (Å²) in [6, 6.07) is 13.9. The van der Waals surface area contributed by atoms with E-state index in [4.69, 9.17) is 0 Å². The topological polar surface area (TPSA) is 58.1 Å². The summed E-state index contributed by atoms with van der Waals surface area (Å²) in [5, 5.41) is 2.71. The molecule has 0 fully saturated rings. The first-order valence-corrected chi connectivity index (χ1v) is 8.51. The van der Waals surface area contributed by atoms with Gasteiger partial charge in [0.25, 0.3) is 5.91 Å². The number of para-hydroxylation sites is 1. The number of nitrogens with one attached hydrogen (secondary N) is 1. The molecule has 0 radical (unpaired) electrons. The lowest BCUT2D eigenvalue weighted by molar-refractivity contribution is -0.137. The molecule has 0 unspecified atom stereocenters. The summed E-state index contributed by atoms with van der Waals surface area (Å²) in [5.74, 6) is -0.169. The molecule has 3 aromatic rings. The number of halogens is 3. The predicted molar refractivity (Wildman–Crippen MR) is 101 cm³/mol. The van der Waals surface area contributed by atoms with Crippen molar-refractivity contribution in [1.29, 1.82) is 0 Å². The van der Waals surface area contributed by atoms with Crippen molar-refractivity contribution in [1.82, 2.24) is 9.97 Å². The molecule has 1 aromatic heterocycles. The van der Waals surface area contributed by atoms with Crippen LogP contribution in [0.2, 0.25) is 0 Å². The molecular weight excluding hydrogens is 369 g/mol. The van der Waals surface area contributed by atoms with E-state index in [9.17, 15) is 18.0 Å². The Kier molecular flexibility index (Phi) is 5.58. The number of anilines is 3. The van der Waals surface area contributed by atoms with Crippen LogP contribution < -0.4 is 10.2 Å². The van der Waals surface area contributed by atoms with E-state index in [-0.39, 0.29) is 23.1 Å². The number of carbonyl (C=O) groups is 1. The molecule has 0 atom stereocenters. The van der Waals surface area contributed by atoms with E-state index < -0.39 is 11.7 Å². The zero-order valence-corrected chi connectivity index (χ0v) is 14.9. The molecule has 28 heavy (non-hydrogen) atoms. The lowest BCUT2D eigenvalue weighted by Crippen LogP contribution is -2.30. The van der Waals surface area contributed by atoms with E-state index in [1.165, 1.54) is 24.5 Å². The molecule has 8 heteroatoms. The molecular formula is C20H17F3N4O. The maximum Gasteiger partial charge on any atom is 0.416 e. The molecule has 0 aliphatic carbocycles. The number of rotatable bonds is 5. The lowest BCUT2D eigenvalue weighted by Gasteiger charge is -2.20. The van der Waals surface area contributed by atoms with Gasteiger partial charge in [-0.3, -0.25) is 4.79 Å². The summed E-state index contributed by atoms with van der Waals surface area (Å²) in [7, 11) is 0. The Morgan fingerprint density at radius 3 is 2.32 bits per heavy atom. The van der Waals surface area contributed by atoms with E-state index in [2.05, 4.69) is 15.3 Å². The number of nitrogens with zero attached hydrogens (tertiary/aromatic N) is 3. The monoisotopic (exact) mass is 386 g/mol. The number of carbonyl (C=O) groups excluding carboxylic acids is 1. The van der Waals surface area contributed by atoms with E-state index in [0.29, 0.717) is 6.54 Å². The van der Waals surface area contributed by atoms with Crippen LogP contribution >= 0.6 is 0 Å². The van der Waals surface area contributed by atoms with Crippen molar-refractivity contribution in [3.05, 3.63) is 78.1 Å². The Bertz CT molecular complexity index is 944. The normalized spacial score (nSPS) is 11.1. The summed E-state index contributed by atoms with van der Waals surface area (Å²) in [5.41, 5.74) is 0.459. The van der Waals surface area contributed by atoms with Gasteiger partial charge in [0, 0.05) is 30.3 Å². The van der Waals surface area contributed by atoms with Crippen LogP contribution in [0.25, 0.3) is 0 Å². The number of hydrogen-bond acceptors (Lipinski definition) is 4. The number of benzene rings is 2. The van der Waals surface area contributed by atoms with Crippen molar-refractivity contribution < 1.29 is 18.0 Å². The van der Waals surface area contributed by atoms with Gasteiger partial charge < -0.3 is 10.2 Å². The van der Waals surface area contributed by atoms with Gasteiger partial charge in [0.2, 0.25) is 5.95 Å². The van der Waals surface area contributed by atoms with Gasteiger partial charge in [-0.25, -0.2) is 9.97 Å². The summed E-state index contributed by atoms with van der Waals surface area (Å²) in [6.45, 7) is 2.32. The van der Waals surface area contributed by atoms with Gasteiger partial charge in [0.1, 0.15) is 0 Å². The van der Waals surface area contributed by atoms with Crippen LogP contribution in [0.3, 0.4) is 0 Å². The molecule has 1 amide bonds. The summed E-state index contributed by atoms with van der Waals surface area (Å²) in [6.07, 6.45) is -1.75. The predicted octanol–water partition coefficient (Wildman–Crippen LogP) is 4.91. The van der Waals surface area contributed by atoms with Gasteiger partial charge >= 0.3 is 6.18 Å². The first-order valence-electron chi connectivity index (χ1n) is 8.51. The highest BCUT2D eigenvalue weighted by Gasteiger charge is 2.30. The minimum Gasteiger partial charge on any atom is -0.324 e. The van der Waals surface area contributed by atoms with E-state index >= 15 is 0 Å². The zero-order chi connectivity index (χ0) is 20.1. The second kappa shape index (κ2) is 8.08. The van der Waals surface area contributed by atoms with Crippen molar-refractivity contribution in [2.24, 2.45) is 0 Å². The highest BCUT2D eigenvalue weighted by Crippen LogP contribution is 2.31. The van der Waals surface area contributed by atoms with Crippen LogP contribution in [-0.4, -0.2) is 22.4 Å². The van der Waals surface area contributed by atoms with Gasteiger partial charge in [0.15, 0.2) is 0 Å². The third-order valence-corrected chi connectivity index (χ3v) is 3.97. The van der Waals surface area contributed by atoms with Crippen molar-refractivity contribution in [3.63, 3.8) is 0 Å². The first kappa shape index (κ1) is 19.3. The maximum atomic E-state index is 12.8. The van der Waals surface area contributed by atoms with Gasteiger partial charge in [0.05, 0.1) is 11.1 Å². The molecule has 5 nitrogen and oxygen atoms in total. The fourth-order valence-electron chi connectivity index (χ4n) is 2.61. The summed E-state index contributed by atoms with van der Waals surface area (Å²) in [4.78, 5) is 22.4. The van der Waals surface area contributed by atoms with Crippen LogP contribution in [0.15, 0.2) is 67.0 Å². The average Bonchev–Trinajstić information content (AvgIpc) is 2.69. The fourth-order valence-corrected chi connectivity index (χ4v) is 2.61. The molecule has 0 saturated carbocycles. The average molecular weight is 386 g/mol. The molecule has 0 bridgehead atoms. The minimum absolute atomic E-state index is 0.0960. The van der Waals surface area contributed by atoms with Crippen LogP contribution in [0, 0.1) is 0 Å².